The maximum atomic E-state index is 12.3. The highest BCUT2D eigenvalue weighted by molar-refractivity contribution is 7.99. The highest BCUT2D eigenvalue weighted by atomic mass is 32.2. The molecule has 0 radical (unpaired) electrons. The summed E-state index contributed by atoms with van der Waals surface area (Å²) in [7, 11) is 3.97. The van der Waals surface area contributed by atoms with Crippen molar-refractivity contribution >= 4 is 29.0 Å². The van der Waals surface area contributed by atoms with Crippen molar-refractivity contribution in [2.45, 2.75) is 25.5 Å². The molecule has 6 nitrogen and oxygen atoms in total. The fourth-order valence-corrected chi connectivity index (χ4v) is 3.68. The predicted molar refractivity (Wildman–Crippen MR) is 116 cm³/mol. The second-order valence-corrected chi connectivity index (χ2v) is 7.59. The van der Waals surface area contributed by atoms with Gasteiger partial charge in [-0.1, -0.05) is 36.0 Å². The molecule has 0 fully saturated rings. The third-order valence-electron chi connectivity index (χ3n) is 4.42. The van der Waals surface area contributed by atoms with Gasteiger partial charge >= 0.3 is 0 Å². The van der Waals surface area contributed by atoms with Gasteiger partial charge in [0.25, 0.3) is 0 Å². The molecule has 1 aromatic heterocycles. The number of rotatable bonds is 7. The van der Waals surface area contributed by atoms with Crippen LogP contribution in [-0.4, -0.2) is 40.5 Å². The van der Waals surface area contributed by atoms with Gasteiger partial charge in [0.05, 0.1) is 5.75 Å². The van der Waals surface area contributed by atoms with Crippen molar-refractivity contribution in [2.75, 3.05) is 30.1 Å². The second-order valence-electron chi connectivity index (χ2n) is 6.64. The number of anilines is 2. The SMILES string of the molecule is CCn1c(SCC(=O)Nc2ccc(N(C)C)cc2)nnc1-c1ccccc1C. The highest BCUT2D eigenvalue weighted by Gasteiger charge is 2.15. The molecule has 0 atom stereocenters. The third-order valence-corrected chi connectivity index (χ3v) is 5.39. The summed E-state index contributed by atoms with van der Waals surface area (Å²) >= 11 is 1.40. The van der Waals surface area contributed by atoms with E-state index in [0.717, 1.165) is 40.0 Å². The van der Waals surface area contributed by atoms with Crippen molar-refractivity contribution in [2.24, 2.45) is 0 Å². The number of carbonyl (C=O) groups excluding carboxylic acids is 1. The van der Waals surface area contributed by atoms with Crippen LogP contribution in [0.1, 0.15) is 12.5 Å². The van der Waals surface area contributed by atoms with E-state index >= 15 is 0 Å². The summed E-state index contributed by atoms with van der Waals surface area (Å²) in [5.74, 6) is 1.05. The normalized spacial score (nSPS) is 10.7. The molecular formula is C21H25N5OS. The van der Waals surface area contributed by atoms with Gasteiger partial charge in [-0.3, -0.25) is 4.79 Å². The molecule has 3 rings (SSSR count). The number of hydrogen-bond acceptors (Lipinski definition) is 5. The van der Waals surface area contributed by atoms with Crippen molar-refractivity contribution < 1.29 is 4.79 Å². The molecule has 2 aromatic carbocycles. The summed E-state index contributed by atoms with van der Waals surface area (Å²) in [4.78, 5) is 14.4. The number of aromatic nitrogens is 3. The predicted octanol–water partition coefficient (Wildman–Crippen LogP) is 4.07. The Balaban J connectivity index is 1.66. The third kappa shape index (κ3) is 4.54. The van der Waals surface area contributed by atoms with Crippen LogP contribution >= 0.6 is 11.8 Å². The van der Waals surface area contributed by atoms with Gasteiger partial charge in [0, 0.05) is 37.6 Å². The zero-order chi connectivity index (χ0) is 20.1. The summed E-state index contributed by atoms with van der Waals surface area (Å²) in [6, 6.07) is 15.9. The highest BCUT2D eigenvalue weighted by Crippen LogP contribution is 2.26. The summed E-state index contributed by atoms with van der Waals surface area (Å²) in [6.07, 6.45) is 0. The Morgan fingerprint density at radius 1 is 1.11 bits per heavy atom. The molecule has 1 heterocycles. The van der Waals surface area contributed by atoms with Gasteiger partial charge in [-0.05, 0) is 43.7 Å². The standard InChI is InChI=1S/C21H25N5OS/c1-5-26-20(18-9-7-6-8-15(18)2)23-24-21(26)28-14-19(27)22-16-10-12-17(13-11-16)25(3)4/h6-13H,5,14H2,1-4H3,(H,22,27). The molecule has 146 valence electrons. The number of amides is 1. The molecule has 7 heteroatoms. The molecule has 0 unspecified atom stereocenters. The Morgan fingerprint density at radius 2 is 1.82 bits per heavy atom. The van der Waals surface area contributed by atoms with Crippen LogP contribution in [0.15, 0.2) is 53.7 Å². The monoisotopic (exact) mass is 395 g/mol. The minimum absolute atomic E-state index is 0.0642. The zero-order valence-electron chi connectivity index (χ0n) is 16.6. The van der Waals surface area contributed by atoms with Crippen LogP contribution in [0, 0.1) is 6.92 Å². The lowest BCUT2D eigenvalue weighted by Crippen LogP contribution is -2.15. The number of carbonyl (C=O) groups is 1. The van der Waals surface area contributed by atoms with E-state index in [2.05, 4.69) is 35.4 Å². The van der Waals surface area contributed by atoms with Crippen LogP contribution in [0.5, 0.6) is 0 Å². The number of thioether (sulfide) groups is 1. The molecule has 0 aliphatic rings. The number of aryl methyl sites for hydroxylation is 1. The van der Waals surface area contributed by atoms with Crippen LogP contribution in [-0.2, 0) is 11.3 Å². The smallest absolute Gasteiger partial charge is 0.234 e. The van der Waals surface area contributed by atoms with Crippen molar-refractivity contribution in [3.63, 3.8) is 0 Å². The largest absolute Gasteiger partial charge is 0.378 e. The minimum Gasteiger partial charge on any atom is -0.378 e. The molecule has 1 amide bonds. The minimum atomic E-state index is -0.0642. The van der Waals surface area contributed by atoms with E-state index in [9.17, 15) is 4.79 Å². The fraction of sp³-hybridized carbons (Fsp3) is 0.286. The first-order valence-electron chi connectivity index (χ1n) is 9.18. The molecule has 0 aliphatic heterocycles. The Labute approximate surface area is 170 Å². The lowest BCUT2D eigenvalue weighted by Gasteiger charge is -2.13. The first kappa shape index (κ1) is 19.9. The van der Waals surface area contributed by atoms with Gasteiger partial charge in [-0.25, -0.2) is 0 Å². The Bertz CT molecular complexity index is 950. The summed E-state index contributed by atoms with van der Waals surface area (Å²) in [5.41, 5.74) is 4.09. The van der Waals surface area contributed by atoms with Crippen molar-refractivity contribution in [3.05, 3.63) is 54.1 Å². The van der Waals surface area contributed by atoms with Crippen LogP contribution < -0.4 is 10.2 Å². The fourth-order valence-electron chi connectivity index (χ4n) is 2.87. The molecule has 0 aliphatic carbocycles. The van der Waals surface area contributed by atoms with E-state index in [1.165, 1.54) is 11.8 Å². The second kappa shape index (κ2) is 8.93. The quantitative estimate of drug-likeness (QED) is 0.611. The molecule has 0 saturated carbocycles. The molecule has 0 saturated heterocycles. The van der Waals surface area contributed by atoms with Crippen molar-refractivity contribution in [1.29, 1.82) is 0 Å². The summed E-state index contributed by atoms with van der Waals surface area (Å²) < 4.78 is 2.05. The lowest BCUT2D eigenvalue weighted by molar-refractivity contribution is -0.113. The summed E-state index contributed by atoms with van der Waals surface area (Å²) in [6.45, 7) is 4.86. The van der Waals surface area contributed by atoms with Gasteiger partial charge < -0.3 is 14.8 Å². The maximum absolute atomic E-state index is 12.3. The van der Waals surface area contributed by atoms with E-state index < -0.39 is 0 Å². The average molecular weight is 396 g/mol. The number of nitrogens with one attached hydrogen (secondary N) is 1. The van der Waals surface area contributed by atoms with Crippen molar-refractivity contribution in [1.82, 2.24) is 14.8 Å². The Hall–Kier alpha value is -2.80. The van der Waals surface area contributed by atoms with Crippen LogP contribution in [0.2, 0.25) is 0 Å². The van der Waals surface area contributed by atoms with Gasteiger partial charge in [0.15, 0.2) is 11.0 Å². The van der Waals surface area contributed by atoms with E-state index in [4.69, 9.17) is 0 Å². The van der Waals surface area contributed by atoms with Gasteiger partial charge in [-0.2, -0.15) is 0 Å². The van der Waals surface area contributed by atoms with Crippen LogP contribution in [0.25, 0.3) is 11.4 Å². The Kier molecular flexibility index (Phi) is 6.36. The molecule has 0 spiro atoms. The molecule has 0 bridgehead atoms. The molecule has 28 heavy (non-hydrogen) atoms. The molecular weight excluding hydrogens is 370 g/mol. The molecule has 1 N–H and O–H groups in total. The lowest BCUT2D eigenvalue weighted by atomic mass is 10.1. The van der Waals surface area contributed by atoms with E-state index in [0.29, 0.717) is 0 Å². The number of benzene rings is 2. The molecule has 3 aromatic rings. The van der Waals surface area contributed by atoms with Crippen LogP contribution in [0.3, 0.4) is 0 Å². The van der Waals surface area contributed by atoms with E-state index in [1.54, 1.807) is 0 Å². The van der Waals surface area contributed by atoms with E-state index in [1.807, 2.05) is 66.0 Å². The number of nitrogens with zero attached hydrogens (tertiary/aromatic N) is 4. The first-order chi connectivity index (χ1) is 13.5. The van der Waals surface area contributed by atoms with Crippen molar-refractivity contribution in [3.8, 4) is 11.4 Å². The topological polar surface area (TPSA) is 63.1 Å². The maximum Gasteiger partial charge on any atom is 0.234 e. The van der Waals surface area contributed by atoms with Gasteiger partial charge in [-0.15, -0.1) is 10.2 Å². The van der Waals surface area contributed by atoms with Gasteiger partial charge in [0.2, 0.25) is 5.91 Å². The zero-order valence-corrected chi connectivity index (χ0v) is 17.5. The summed E-state index contributed by atoms with van der Waals surface area (Å²) in [5, 5.41) is 12.3. The Morgan fingerprint density at radius 3 is 2.46 bits per heavy atom. The average Bonchev–Trinajstić information content (AvgIpc) is 3.10. The number of hydrogen-bond donors (Lipinski definition) is 1. The van der Waals surface area contributed by atoms with Gasteiger partial charge in [0.1, 0.15) is 0 Å². The van der Waals surface area contributed by atoms with Crippen LogP contribution in [0.4, 0.5) is 11.4 Å². The van der Waals surface area contributed by atoms with E-state index in [-0.39, 0.29) is 11.7 Å². The first-order valence-corrected chi connectivity index (χ1v) is 10.2.